The molecule has 0 N–H and O–H groups in total. The number of rotatable bonds is 3. The number of likely N-dealkylation sites (tertiary alicyclic amines) is 1. The molecule has 0 aromatic rings. The van der Waals surface area contributed by atoms with Crippen molar-refractivity contribution in [1.82, 2.24) is 4.90 Å². The molecule has 1 aliphatic rings. The van der Waals surface area contributed by atoms with Crippen molar-refractivity contribution in [3.63, 3.8) is 0 Å². The molecule has 1 heterocycles. The van der Waals surface area contributed by atoms with E-state index >= 15 is 0 Å². The molecule has 1 aliphatic heterocycles. The van der Waals surface area contributed by atoms with Crippen LogP contribution in [0.4, 0.5) is 4.79 Å². The number of ketones is 1. The van der Waals surface area contributed by atoms with Gasteiger partial charge in [-0.2, -0.15) is 0 Å². The van der Waals surface area contributed by atoms with E-state index in [0.717, 1.165) is 0 Å². The Morgan fingerprint density at radius 2 is 1.89 bits per heavy atom. The number of carbonyl (C=O) groups is 3. The van der Waals surface area contributed by atoms with Crippen LogP contribution >= 0.6 is 0 Å². The number of hydrogen-bond donors (Lipinski definition) is 0. The van der Waals surface area contributed by atoms with Crippen LogP contribution < -0.4 is 0 Å². The summed E-state index contributed by atoms with van der Waals surface area (Å²) in [7, 11) is 1.25. The summed E-state index contributed by atoms with van der Waals surface area (Å²) in [4.78, 5) is 36.1. The van der Waals surface area contributed by atoms with Crippen molar-refractivity contribution in [3.8, 4) is 0 Å². The fourth-order valence-electron chi connectivity index (χ4n) is 1.87. The van der Waals surface area contributed by atoms with Crippen molar-refractivity contribution >= 4 is 17.8 Å². The predicted octanol–water partition coefficient (Wildman–Crippen LogP) is 1.38. The van der Waals surface area contributed by atoms with Crippen molar-refractivity contribution in [2.24, 2.45) is 5.92 Å². The van der Waals surface area contributed by atoms with Gasteiger partial charge in [-0.15, -0.1) is 0 Å². The number of Topliss-reactive ketones (excluding diaryl/α,β-unsaturated/α-hetero) is 1. The second kappa shape index (κ2) is 6.04. The van der Waals surface area contributed by atoms with Gasteiger partial charge in [-0.3, -0.25) is 9.59 Å². The molecule has 1 saturated heterocycles. The average molecular weight is 271 g/mol. The number of carbonyl (C=O) groups excluding carboxylic acids is 3. The maximum absolute atomic E-state index is 11.8. The SMILES string of the molecule is COC(=O)CC(=O)[C@H]1CCN(C(=O)OC(C)(C)C)C1. The van der Waals surface area contributed by atoms with Crippen LogP contribution in [0, 0.1) is 5.92 Å². The second-order valence-electron chi connectivity index (χ2n) is 5.63. The van der Waals surface area contributed by atoms with Gasteiger partial charge in [0.1, 0.15) is 17.8 Å². The van der Waals surface area contributed by atoms with Crippen LogP contribution in [-0.2, 0) is 19.1 Å². The lowest BCUT2D eigenvalue weighted by Gasteiger charge is -2.24. The molecule has 6 heteroatoms. The molecule has 0 saturated carbocycles. The second-order valence-corrected chi connectivity index (χ2v) is 5.63. The summed E-state index contributed by atoms with van der Waals surface area (Å²) in [6.45, 7) is 6.17. The smallest absolute Gasteiger partial charge is 0.410 e. The summed E-state index contributed by atoms with van der Waals surface area (Å²) in [6.07, 6.45) is -0.0841. The van der Waals surface area contributed by atoms with Gasteiger partial charge in [0.05, 0.1) is 7.11 Å². The lowest BCUT2D eigenvalue weighted by molar-refractivity contribution is -0.144. The Balaban J connectivity index is 2.47. The average Bonchev–Trinajstić information content (AvgIpc) is 2.75. The van der Waals surface area contributed by atoms with Gasteiger partial charge in [0, 0.05) is 19.0 Å². The van der Waals surface area contributed by atoms with Crippen LogP contribution in [0.25, 0.3) is 0 Å². The van der Waals surface area contributed by atoms with Crippen LogP contribution in [0.15, 0.2) is 0 Å². The number of hydrogen-bond acceptors (Lipinski definition) is 5. The van der Waals surface area contributed by atoms with Gasteiger partial charge < -0.3 is 14.4 Å². The van der Waals surface area contributed by atoms with Crippen LogP contribution in [0.3, 0.4) is 0 Å². The Bertz CT molecular complexity index is 372. The highest BCUT2D eigenvalue weighted by Crippen LogP contribution is 2.21. The molecule has 19 heavy (non-hydrogen) atoms. The Morgan fingerprint density at radius 1 is 1.26 bits per heavy atom. The molecule has 1 rings (SSSR count). The fourth-order valence-corrected chi connectivity index (χ4v) is 1.87. The molecule has 1 amide bonds. The van der Waals surface area contributed by atoms with Crippen LogP contribution in [-0.4, -0.2) is 48.5 Å². The summed E-state index contributed by atoms with van der Waals surface area (Å²) < 4.78 is 9.69. The lowest BCUT2D eigenvalue weighted by Crippen LogP contribution is -2.36. The van der Waals surface area contributed by atoms with E-state index in [4.69, 9.17) is 4.74 Å². The standard InChI is InChI=1S/C13H21NO5/c1-13(2,3)19-12(17)14-6-5-9(8-14)10(15)7-11(16)18-4/h9H,5-8H2,1-4H3/t9-/m0/s1. The summed E-state index contributed by atoms with van der Waals surface area (Å²) in [5.74, 6) is -1.02. The zero-order valence-electron chi connectivity index (χ0n) is 11.9. The highest BCUT2D eigenvalue weighted by molar-refractivity contribution is 5.97. The first kappa shape index (κ1) is 15.5. The van der Waals surface area contributed by atoms with Crippen molar-refractivity contribution in [1.29, 1.82) is 0 Å². The maximum atomic E-state index is 11.8. The number of methoxy groups -OCH3 is 1. The Labute approximate surface area is 113 Å². The zero-order chi connectivity index (χ0) is 14.6. The van der Waals surface area contributed by atoms with E-state index in [-0.39, 0.29) is 18.1 Å². The fraction of sp³-hybridized carbons (Fsp3) is 0.769. The van der Waals surface area contributed by atoms with Crippen LogP contribution in [0.5, 0.6) is 0 Å². The highest BCUT2D eigenvalue weighted by Gasteiger charge is 2.33. The van der Waals surface area contributed by atoms with E-state index < -0.39 is 17.7 Å². The zero-order valence-corrected chi connectivity index (χ0v) is 11.9. The highest BCUT2D eigenvalue weighted by atomic mass is 16.6. The molecule has 0 spiro atoms. The van der Waals surface area contributed by atoms with E-state index in [9.17, 15) is 14.4 Å². The summed E-state index contributed by atoms with van der Waals surface area (Å²) >= 11 is 0. The molecule has 1 atom stereocenters. The van der Waals surface area contributed by atoms with E-state index in [1.54, 1.807) is 20.8 Å². The van der Waals surface area contributed by atoms with Crippen molar-refractivity contribution < 1.29 is 23.9 Å². The van der Waals surface area contributed by atoms with Crippen LogP contribution in [0.2, 0.25) is 0 Å². The molecular weight excluding hydrogens is 250 g/mol. The molecule has 0 aromatic heterocycles. The van der Waals surface area contributed by atoms with Crippen molar-refractivity contribution in [2.45, 2.75) is 39.2 Å². The number of esters is 1. The van der Waals surface area contributed by atoms with Crippen molar-refractivity contribution in [3.05, 3.63) is 0 Å². The minimum atomic E-state index is -0.550. The molecule has 0 aliphatic carbocycles. The molecule has 0 unspecified atom stereocenters. The molecule has 0 aromatic carbocycles. The van der Waals surface area contributed by atoms with Gasteiger partial charge in [0.25, 0.3) is 0 Å². The molecule has 1 fully saturated rings. The molecule has 108 valence electrons. The van der Waals surface area contributed by atoms with E-state index in [1.807, 2.05) is 0 Å². The van der Waals surface area contributed by atoms with Gasteiger partial charge in [0.2, 0.25) is 0 Å². The summed E-state index contributed by atoms with van der Waals surface area (Å²) in [6, 6.07) is 0. The van der Waals surface area contributed by atoms with Gasteiger partial charge in [-0.25, -0.2) is 4.79 Å². The van der Waals surface area contributed by atoms with Gasteiger partial charge in [-0.05, 0) is 27.2 Å². The number of nitrogens with zero attached hydrogens (tertiary/aromatic N) is 1. The van der Waals surface area contributed by atoms with E-state index in [2.05, 4.69) is 4.74 Å². The van der Waals surface area contributed by atoms with Crippen LogP contribution in [0.1, 0.15) is 33.6 Å². The first-order valence-electron chi connectivity index (χ1n) is 6.30. The Hall–Kier alpha value is -1.59. The molecular formula is C13H21NO5. The third-order valence-electron chi connectivity index (χ3n) is 2.84. The summed E-state index contributed by atoms with van der Waals surface area (Å²) in [5.41, 5.74) is -0.550. The Kier molecular flexibility index (Phi) is 4.91. The summed E-state index contributed by atoms with van der Waals surface area (Å²) in [5, 5.41) is 0. The Morgan fingerprint density at radius 3 is 2.42 bits per heavy atom. The molecule has 0 bridgehead atoms. The monoisotopic (exact) mass is 271 g/mol. The minimum Gasteiger partial charge on any atom is -0.469 e. The van der Waals surface area contributed by atoms with Gasteiger partial charge in [-0.1, -0.05) is 0 Å². The first-order chi connectivity index (χ1) is 8.73. The van der Waals surface area contributed by atoms with E-state index in [1.165, 1.54) is 12.0 Å². The lowest BCUT2D eigenvalue weighted by atomic mass is 10.0. The normalized spacial score (nSPS) is 19.2. The quantitative estimate of drug-likeness (QED) is 0.572. The molecule has 0 radical (unpaired) electrons. The molecule has 6 nitrogen and oxygen atoms in total. The topological polar surface area (TPSA) is 72.9 Å². The first-order valence-corrected chi connectivity index (χ1v) is 6.30. The minimum absolute atomic E-state index is 0.182. The predicted molar refractivity (Wildman–Crippen MR) is 67.6 cm³/mol. The number of amides is 1. The maximum Gasteiger partial charge on any atom is 0.410 e. The van der Waals surface area contributed by atoms with E-state index in [0.29, 0.717) is 19.5 Å². The van der Waals surface area contributed by atoms with Gasteiger partial charge >= 0.3 is 12.1 Å². The third-order valence-corrected chi connectivity index (χ3v) is 2.84. The number of ether oxygens (including phenoxy) is 2. The largest absolute Gasteiger partial charge is 0.469 e. The third kappa shape index (κ3) is 4.89. The van der Waals surface area contributed by atoms with Crippen molar-refractivity contribution in [2.75, 3.05) is 20.2 Å². The van der Waals surface area contributed by atoms with Gasteiger partial charge in [0.15, 0.2) is 0 Å².